The largest absolute Gasteiger partial charge is 0.452 e. The van der Waals surface area contributed by atoms with Gasteiger partial charge in [-0.25, -0.2) is 4.79 Å². The predicted molar refractivity (Wildman–Crippen MR) is 115 cm³/mol. The van der Waals surface area contributed by atoms with Crippen molar-refractivity contribution in [1.29, 1.82) is 0 Å². The Balaban J connectivity index is 1.53. The average Bonchev–Trinajstić information content (AvgIpc) is 2.74. The standard InChI is InChI=1S/C24H22ClNO5/c1-13-9-14(2)11-26(10-13)19(27)12-31-24(30)18-8-7-17-20(21(18)25)23(29)16-6-4-3-5-15(16)22(17)28/h3-8,13-14H,9-12H2,1-2H3/t13-,14+. The van der Waals surface area contributed by atoms with E-state index >= 15 is 0 Å². The summed E-state index contributed by atoms with van der Waals surface area (Å²) < 4.78 is 5.21. The molecule has 160 valence electrons. The second-order valence-corrected chi connectivity index (χ2v) is 8.75. The molecule has 0 radical (unpaired) electrons. The van der Waals surface area contributed by atoms with E-state index in [9.17, 15) is 19.2 Å². The van der Waals surface area contributed by atoms with Crippen LogP contribution in [0.15, 0.2) is 36.4 Å². The molecule has 31 heavy (non-hydrogen) atoms. The number of halogens is 1. The summed E-state index contributed by atoms with van der Waals surface area (Å²) in [6, 6.07) is 9.25. The van der Waals surface area contributed by atoms with E-state index in [0.29, 0.717) is 30.5 Å². The van der Waals surface area contributed by atoms with Gasteiger partial charge in [-0.15, -0.1) is 0 Å². The Bertz CT molecular complexity index is 1100. The molecule has 1 heterocycles. The zero-order valence-corrected chi connectivity index (χ0v) is 18.1. The van der Waals surface area contributed by atoms with Gasteiger partial charge in [0.05, 0.1) is 16.1 Å². The van der Waals surface area contributed by atoms with Gasteiger partial charge in [0.25, 0.3) is 5.91 Å². The highest BCUT2D eigenvalue weighted by molar-refractivity contribution is 6.41. The predicted octanol–water partition coefficient (Wildman–Crippen LogP) is 3.78. The summed E-state index contributed by atoms with van der Waals surface area (Å²) in [6.07, 6.45) is 1.06. The number of likely N-dealkylation sites (tertiary alicyclic amines) is 1. The maximum atomic E-state index is 12.9. The summed E-state index contributed by atoms with van der Waals surface area (Å²) in [4.78, 5) is 52.5. The summed E-state index contributed by atoms with van der Waals surface area (Å²) in [7, 11) is 0. The number of hydrogen-bond acceptors (Lipinski definition) is 5. The van der Waals surface area contributed by atoms with Crippen LogP contribution in [0, 0.1) is 11.8 Å². The van der Waals surface area contributed by atoms with Crippen LogP contribution in [0.25, 0.3) is 0 Å². The lowest BCUT2D eigenvalue weighted by Crippen LogP contribution is -2.44. The van der Waals surface area contributed by atoms with Crippen LogP contribution in [-0.4, -0.2) is 48.0 Å². The van der Waals surface area contributed by atoms with Crippen molar-refractivity contribution in [1.82, 2.24) is 4.90 Å². The van der Waals surface area contributed by atoms with Gasteiger partial charge in [0.15, 0.2) is 18.2 Å². The zero-order chi connectivity index (χ0) is 22.3. The van der Waals surface area contributed by atoms with E-state index in [2.05, 4.69) is 13.8 Å². The van der Waals surface area contributed by atoms with Gasteiger partial charge in [0, 0.05) is 29.8 Å². The molecule has 0 N–H and O–H groups in total. The number of nitrogens with zero attached hydrogens (tertiary/aromatic N) is 1. The van der Waals surface area contributed by atoms with Gasteiger partial charge in [-0.05, 0) is 30.4 Å². The van der Waals surface area contributed by atoms with Crippen LogP contribution in [0.5, 0.6) is 0 Å². The van der Waals surface area contributed by atoms with Crippen LogP contribution in [0.2, 0.25) is 5.02 Å². The second-order valence-electron chi connectivity index (χ2n) is 8.37. The van der Waals surface area contributed by atoms with Crippen LogP contribution in [0.1, 0.15) is 62.5 Å². The van der Waals surface area contributed by atoms with Crippen molar-refractivity contribution in [3.05, 3.63) is 69.2 Å². The third kappa shape index (κ3) is 3.88. The smallest absolute Gasteiger partial charge is 0.340 e. The Morgan fingerprint density at radius 1 is 0.968 bits per heavy atom. The number of ketones is 2. The van der Waals surface area contributed by atoms with Crippen molar-refractivity contribution in [2.24, 2.45) is 11.8 Å². The van der Waals surface area contributed by atoms with Crippen molar-refractivity contribution < 1.29 is 23.9 Å². The molecule has 0 spiro atoms. The van der Waals surface area contributed by atoms with Crippen LogP contribution < -0.4 is 0 Å². The first kappa shape index (κ1) is 21.2. The molecule has 7 heteroatoms. The van der Waals surface area contributed by atoms with E-state index in [1.165, 1.54) is 12.1 Å². The highest BCUT2D eigenvalue weighted by Gasteiger charge is 2.33. The summed E-state index contributed by atoms with van der Waals surface area (Å²) in [5, 5.41) is -0.136. The Hall–Kier alpha value is -2.99. The minimum Gasteiger partial charge on any atom is -0.452 e. The van der Waals surface area contributed by atoms with Crippen LogP contribution >= 0.6 is 11.6 Å². The number of amides is 1. The van der Waals surface area contributed by atoms with Crippen LogP contribution in [0.3, 0.4) is 0 Å². The van der Waals surface area contributed by atoms with Crippen molar-refractivity contribution in [2.75, 3.05) is 19.7 Å². The van der Waals surface area contributed by atoms with Gasteiger partial charge in [-0.2, -0.15) is 0 Å². The fraction of sp³-hybridized carbons (Fsp3) is 0.333. The first-order valence-electron chi connectivity index (χ1n) is 10.2. The molecule has 2 aromatic carbocycles. The third-order valence-corrected chi connectivity index (χ3v) is 6.19. The van der Waals surface area contributed by atoms with Gasteiger partial charge < -0.3 is 9.64 Å². The fourth-order valence-electron chi connectivity index (χ4n) is 4.47. The molecular formula is C24H22ClNO5. The molecule has 1 aliphatic heterocycles. The number of ether oxygens (including phenoxy) is 1. The van der Waals surface area contributed by atoms with E-state index in [4.69, 9.17) is 16.3 Å². The quantitative estimate of drug-likeness (QED) is 0.580. The number of piperidine rings is 1. The molecule has 4 rings (SSSR count). The van der Waals surface area contributed by atoms with Crippen LogP contribution in [-0.2, 0) is 9.53 Å². The van der Waals surface area contributed by atoms with Crippen molar-refractivity contribution >= 4 is 35.0 Å². The molecule has 0 unspecified atom stereocenters. The van der Waals surface area contributed by atoms with Gasteiger partial charge >= 0.3 is 5.97 Å². The number of rotatable bonds is 3. The Morgan fingerprint density at radius 3 is 2.23 bits per heavy atom. The van der Waals surface area contributed by atoms with E-state index in [1.807, 2.05) is 0 Å². The van der Waals surface area contributed by atoms with E-state index in [1.54, 1.807) is 29.2 Å². The molecule has 1 amide bonds. The minimum absolute atomic E-state index is 0.00942. The molecule has 2 aliphatic rings. The number of esters is 1. The fourth-order valence-corrected chi connectivity index (χ4v) is 4.79. The number of hydrogen-bond donors (Lipinski definition) is 0. The lowest BCUT2D eigenvalue weighted by atomic mass is 9.83. The molecule has 0 saturated carbocycles. The molecule has 2 aromatic rings. The van der Waals surface area contributed by atoms with Crippen molar-refractivity contribution in [3.8, 4) is 0 Å². The monoisotopic (exact) mass is 439 g/mol. The number of carbonyl (C=O) groups is 4. The Labute approximate surface area is 185 Å². The van der Waals surface area contributed by atoms with E-state index in [-0.39, 0.29) is 39.0 Å². The summed E-state index contributed by atoms with van der Waals surface area (Å²) in [5.74, 6) is -1.03. The average molecular weight is 440 g/mol. The summed E-state index contributed by atoms with van der Waals surface area (Å²) in [5.41, 5.74) is 0.648. The number of fused-ring (bicyclic) bond motifs is 2. The van der Waals surface area contributed by atoms with E-state index < -0.39 is 18.4 Å². The van der Waals surface area contributed by atoms with E-state index in [0.717, 1.165) is 6.42 Å². The van der Waals surface area contributed by atoms with Crippen molar-refractivity contribution in [3.63, 3.8) is 0 Å². The van der Waals surface area contributed by atoms with Crippen molar-refractivity contribution in [2.45, 2.75) is 20.3 Å². The first-order valence-corrected chi connectivity index (χ1v) is 10.6. The van der Waals surface area contributed by atoms with Gasteiger partial charge in [0.1, 0.15) is 0 Å². The molecule has 0 bridgehead atoms. The van der Waals surface area contributed by atoms with Crippen LogP contribution in [0.4, 0.5) is 0 Å². The maximum Gasteiger partial charge on any atom is 0.340 e. The Morgan fingerprint density at radius 2 is 1.58 bits per heavy atom. The summed E-state index contributed by atoms with van der Waals surface area (Å²) >= 11 is 6.38. The second kappa shape index (κ2) is 8.27. The molecule has 6 nitrogen and oxygen atoms in total. The molecule has 1 saturated heterocycles. The number of carbonyl (C=O) groups excluding carboxylic acids is 4. The first-order chi connectivity index (χ1) is 14.8. The number of benzene rings is 2. The van der Waals surface area contributed by atoms with Gasteiger partial charge in [-0.1, -0.05) is 49.7 Å². The summed E-state index contributed by atoms with van der Waals surface area (Å²) in [6.45, 7) is 5.05. The van der Waals surface area contributed by atoms with Gasteiger partial charge in [0.2, 0.25) is 0 Å². The molecule has 0 aromatic heterocycles. The molecule has 2 atom stereocenters. The Kier molecular flexibility index (Phi) is 5.67. The third-order valence-electron chi connectivity index (χ3n) is 5.80. The lowest BCUT2D eigenvalue weighted by Gasteiger charge is -2.34. The van der Waals surface area contributed by atoms with Gasteiger partial charge in [-0.3, -0.25) is 14.4 Å². The molecule has 1 aliphatic carbocycles. The highest BCUT2D eigenvalue weighted by atomic mass is 35.5. The highest BCUT2D eigenvalue weighted by Crippen LogP contribution is 2.34. The SMILES string of the molecule is C[C@@H]1C[C@H](C)CN(C(=O)COC(=O)c2ccc3c(c2Cl)C(=O)c2ccccc2C3=O)C1. The topological polar surface area (TPSA) is 80.8 Å². The molecule has 1 fully saturated rings. The minimum atomic E-state index is -0.807. The normalized spacial score (nSPS) is 20.2. The molecular weight excluding hydrogens is 418 g/mol. The maximum absolute atomic E-state index is 12.9. The lowest BCUT2D eigenvalue weighted by molar-refractivity contribution is -0.137. The zero-order valence-electron chi connectivity index (χ0n) is 17.3.